The second-order valence-corrected chi connectivity index (χ2v) is 13.1. The van der Waals surface area contributed by atoms with Gasteiger partial charge in [0, 0.05) is 11.1 Å². The van der Waals surface area contributed by atoms with Crippen LogP contribution in [0.5, 0.6) is 34.5 Å². The molecule has 0 aliphatic heterocycles. The van der Waals surface area contributed by atoms with Crippen molar-refractivity contribution < 1.29 is 33.6 Å². The van der Waals surface area contributed by atoms with Crippen LogP contribution in [-0.4, -0.2) is 17.0 Å². The zero-order valence-corrected chi connectivity index (χ0v) is 30.3. The van der Waals surface area contributed by atoms with Crippen molar-refractivity contribution in [1.82, 2.24) is 0 Å². The Hall–Kier alpha value is -5.14. The highest BCUT2D eigenvalue weighted by Gasteiger charge is 2.19. The van der Waals surface area contributed by atoms with E-state index in [1.807, 2.05) is 26.0 Å². The molecule has 0 unspecified atom stereocenters. The van der Waals surface area contributed by atoms with Crippen LogP contribution in [0.1, 0.15) is 88.3 Å². The third-order valence-corrected chi connectivity index (χ3v) is 7.52. The van der Waals surface area contributed by atoms with Crippen molar-refractivity contribution in [2.75, 3.05) is 0 Å². The van der Waals surface area contributed by atoms with Crippen molar-refractivity contribution in [2.45, 2.75) is 88.2 Å². The third kappa shape index (κ3) is 11.5. The summed E-state index contributed by atoms with van der Waals surface area (Å²) < 4.78 is 22.3. The molecular formula is C43H52O7. The van der Waals surface area contributed by atoms with Gasteiger partial charge < -0.3 is 24.1 Å². The summed E-state index contributed by atoms with van der Waals surface area (Å²) in [6.45, 7) is 26.2. The maximum atomic E-state index is 11.5. The first-order chi connectivity index (χ1) is 22.8. The summed E-state index contributed by atoms with van der Waals surface area (Å²) in [7, 11) is 0. The lowest BCUT2D eigenvalue weighted by molar-refractivity contribution is -0.130. The zero-order valence-electron chi connectivity index (χ0n) is 30.3. The Balaban J connectivity index is 0.000000340. The van der Waals surface area contributed by atoms with Gasteiger partial charge in [-0.1, -0.05) is 46.6 Å². The van der Waals surface area contributed by atoms with Gasteiger partial charge in [0.05, 0.1) is 5.60 Å². The quantitative estimate of drug-likeness (QED) is 0.101. The van der Waals surface area contributed by atoms with E-state index in [-0.39, 0.29) is 7.43 Å². The van der Waals surface area contributed by atoms with Crippen molar-refractivity contribution in [3.05, 3.63) is 130 Å². The fraction of sp³-hybridized carbons (Fsp3) is 0.302. The number of rotatable bonds is 10. The summed E-state index contributed by atoms with van der Waals surface area (Å²) in [4.78, 5) is 23.0. The predicted octanol–water partition coefficient (Wildman–Crippen LogP) is 11.1. The topological polar surface area (TPSA) is 91.3 Å². The molecule has 0 aliphatic rings. The lowest BCUT2D eigenvalue weighted by Crippen LogP contribution is -2.16. The van der Waals surface area contributed by atoms with Gasteiger partial charge in [-0.3, -0.25) is 0 Å². The molecule has 0 aliphatic carbocycles. The van der Waals surface area contributed by atoms with E-state index >= 15 is 0 Å². The minimum Gasteiger partial charge on any atom is -0.457 e. The molecule has 0 spiro atoms. The summed E-state index contributed by atoms with van der Waals surface area (Å²) in [5.41, 5.74) is 6.06. The van der Waals surface area contributed by atoms with Gasteiger partial charge in [-0.15, -0.1) is 0 Å². The number of aryl methyl sites for hydroxylation is 4. The molecule has 0 aromatic heterocycles. The molecular weight excluding hydrogens is 628 g/mol. The average molecular weight is 681 g/mol. The second-order valence-electron chi connectivity index (χ2n) is 13.1. The number of benzene rings is 4. The van der Waals surface area contributed by atoms with Crippen molar-refractivity contribution in [1.29, 1.82) is 0 Å². The summed E-state index contributed by atoms with van der Waals surface area (Å²) in [6.07, 6.45) is 0. The van der Waals surface area contributed by atoms with E-state index in [9.17, 15) is 14.7 Å². The lowest BCUT2D eigenvalue weighted by atomic mass is 9.94. The van der Waals surface area contributed by atoms with Gasteiger partial charge in [-0.25, -0.2) is 9.59 Å². The van der Waals surface area contributed by atoms with E-state index in [2.05, 4.69) is 53.0 Å². The Labute approximate surface area is 298 Å². The highest BCUT2D eigenvalue weighted by Crippen LogP contribution is 2.34. The van der Waals surface area contributed by atoms with Crippen LogP contribution in [0.2, 0.25) is 0 Å². The summed E-state index contributed by atoms with van der Waals surface area (Å²) in [5, 5.41) is 10.2. The number of esters is 2. The van der Waals surface area contributed by atoms with Crippen molar-refractivity contribution >= 4 is 11.9 Å². The minimum atomic E-state index is -0.900. The largest absolute Gasteiger partial charge is 0.457 e. The number of carbonyl (C=O) groups is 2. The SMILES string of the molecule is C.C=C(C)C(=O)Oc1ccc(Oc2c(C)cc(C(C)(C)O)cc2C)cc1.C=C(C)C(=O)Oc1ccc(Oc2c(C)cc(C(C)C)cc2C)cc1. The molecule has 4 rings (SSSR count). The fourth-order valence-electron chi connectivity index (χ4n) is 4.72. The third-order valence-electron chi connectivity index (χ3n) is 7.52. The Morgan fingerprint density at radius 3 is 1.20 bits per heavy atom. The van der Waals surface area contributed by atoms with Crippen molar-refractivity contribution in [2.24, 2.45) is 0 Å². The molecule has 0 saturated carbocycles. The average Bonchev–Trinajstić information content (AvgIpc) is 3.01. The van der Waals surface area contributed by atoms with E-state index < -0.39 is 17.5 Å². The number of aliphatic hydroxyl groups is 1. The molecule has 1 N–H and O–H groups in total. The fourth-order valence-corrected chi connectivity index (χ4v) is 4.72. The molecule has 266 valence electrons. The molecule has 7 heteroatoms. The van der Waals surface area contributed by atoms with Crippen LogP contribution >= 0.6 is 0 Å². The van der Waals surface area contributed by atoms with Crippen LogP contribution in [0.25, 0.3) is 0 Å². The molecule has 0 radical (unpaired) electrons. The van der Waals surface area contributed by atoms with E-state index in [1.165, 1.54) is 5.56 Å². The lowest BCUT2D eigenvalue weighted by Gasteiger charge is -2.21. The Bertz CT molecular complexity index is 1780. The van der Waals surface area contributed by atoms with Crippen LogP contribution in [-0.2, 0) is 15.2 Å². The molecule has 7 nitrogen and oxygen atoms in total. The first-order valence-electron chi connectivity index (χ1n) is 16.1. The molecule has 0 saturated heterocycles. The van der Waals surface area contributed by atoms with Crippen LogP contribution in [0.4, 0.5) is 0 Å². The van der Waals surface area contributed by atoms with E-state index in [0.29, 0.717) is 40.1 Å². The molecule has 4 aromatic rings. The standard InChI is InChI=1S/C21H24O4.C21H24O3.CH4/c1-13(2)20(22)25-18-9-7-17(8-10-18)24-19-14(3)11-16(12-15(19)4)21(5,6)23;1-13(2)17-11-15(5)20(16(6)12-17)23-18-7-9-19(10-8-18)24-21(22)14(3)4;/h7-12,23H,1H2,2-6H3;7-13H,3H2,1-2,4-6H3;1H4. The van der Waals surface area contributed by atoms with Gasteiger partial charge in [0.2, 0.25) is 0 Å². The molecule has 0 heterocycles. The number of carbonyl (C=O) groups excluding carboxylic acids is 2. The zero-order chi connectivity index (χ0) is 36.6. The first-order valence-corrected chi connectivity index (χ1v) is 16.1. The van der Waals surface area contributed by atoms with E-state index in [0.717, 1.165) is 39.3 Å². The normalized spacial score (nSPS) is 10.6. The predicted molar refractivity (Wildman–Crippen MR) is 202 cm³/mol. The smallest absolute Gasteiger partial charge is 0.338 e. The Morgan fingerprint density at radius 2 is 0.920 bits per heavy atom. The van der Waals surface area contributed by atoms with Gasteiger partial charge >= 0.3 is 11.9 Å². The highest BCUT2D eigenvalue weighted by atomic mass is 16.5. The van der Waals surface area contributed by atoms with Crippen LogP contribution in [0.3, 0.4) is 0 Å². The van der Waals surface area contributed by atoms with Crippen LogP contribution < -0.4 is 18.9 Å². The van der Waals surface area contributed by atoms with Crippen molar-refractivity contribution in [3.63, 3.8) is 0 Å². The Morgan fingerprint density at radius 1 is 0.620 bits per heavy atom. The van der Waals surface area contributed by atoms with Gasteiger partial charge in [-0.05, 0) is 155 Å². The van der Waals surface area contributed by atoms with E-state index in [1.54, 1.807) is 76.2 Å². The molecule has 4 aromatic carbocycles. The molecule has 0 amide bonds. The molecule has 0 fully saturated rings. The number of hydrogen-bond donors (Lipinski definition) is 1. The summed E-state index contributed by atoms with van der Waals surface area (Å²) in [6, 6.07) is 22.0. The molecule has 50 heavy (non-hydrogen) atoms. The maximum Gasteiger partial charge on any atom is 0.338 e. The monoisotopic (exact) mass is 680 g/mol. The number of ether oxygens (including phenoxy) is 4. The highest BCUT2D eigenvalue weighted by molar-refractivity contribution is 5.89. The maximum absolute atomic E-state index is 11.5. The first kappa shape index (κ1) is 41.0. The van der Waals surface area contributed by atoms with Crippen molar-refractivity contribution in [3.8, 4) is 34.5 Å². The second kappa shape index (κ2) is 17.5. The molecule has 0 atom stereocenters. The number of hydrogen-bond acceptors (Lipinski definition) is 7. The van der Waals surface area contributed by atoms with Gasteiger partial charge in [0.15, 0.2) is 0 Å². The van der Waals surface area contributed by atoms with Crippen LogP contribution in [0, 0.1) is 27.7 Å². The summed E-state index contributed by atoms with van der Waals surface area (Å²) in [5.74, 6) is 3.46. The van der Waals surface area contributed by atoms with Crippen LogP contribution in [0.15, 0.2) is 97.1 Å². The van der Waals surface area contributed by atoms with Gasteiger partial charge in [-0.2, -0.15) is 0 Å². The Kier molecular flexibility index (Phi) is 14.4. The van der Waals surface area contributed by atoms with Gasteiger partial charge in [0.1, 0.15) is 34.5 Å². The summed E-state index contributed by atoms with van der Waals surface area (Å²) >= 11 is 0. The van der Waals surface area contributed by atoms with Gasteiger partial charge in [0.25, 0.3) is 0 Å². The van der Waals surface area contributed by atoms with E-state index in [4.69, 9.17) is 18.9 Å². The molecule has 0 bridgehead atoms. The minimum absolute atomic E-state index is 0.